The lowest BCUT2D eigenvalue weighted by Crippen LogP contribution is -2.02. The molecule has 0 aromatic heterocycles. The van der Waals surface area contributed by atoms with Crippen molar-refractivity contribution in [1.82, 2.24) is 0 Å². The molecule has 0 atom stereocenters. The van der Waals surface area contributed by atoms with Crippen LogP contribution in [0, 0.1) is 0 Å². The van der Waals surface area contributed by atoms with Gasteiger partial charge in [-0.05, 0) is 6.07 Å². The third kappa shape index (κ3) is 2.18. The molecule has 0 saturated heterocycles. The first-order chi connectivity index (χ1) is 6.16. The predicted molar refractivity (Wildman–Crippen MR) is 55.2 cm³/mol. The number of hydrogen-bond donors (Lipinski definition) is 0. The number of ether oxygens (including phenoxy) is 1. The van der Waals surface area contributed by atoms with Gasteiger partial charge in [-0.15, -0.1) is 0 Å². The lowest BCUT2D eigenvalue weighted by Gasteiger charge is -2.04. The molecule has 0 bridgehead atoms. The first-order valence-electron chi connectivity index (χ1n) is 3.69. The second kappa shape index (κ2) is 4.23. The van der Waals surface area contributed by atoms with E-state index in [9.17, 15) is 4.79 Å². The Hall–Kier alpha value is -1.09. The van der Waals surface area contributed by atoms with Crippen LogP contribution in [0.4, 0.5) is 0 Å². The second-order valence-electron chi connectivity index (χ2n) is 2.45. The Balaban J connectivity index is 3.02. The van der Waals surface area contributed by atoms with Gasteiger partial charge in [0.05, 0.1) is 12.7 Å². The molecular weight excluding hydrogens is 232 g/mol. The minimum absolute atomic E-state index is 0.356. The second-order valence-corrected chi connectivity index (χ2v) is 3.30. The molecule has 0 radical (unpaired) electrons. The van der Waals surface area contributed by atoms with Gasteiger partial charge < -0.3 is 4.74 Å². The highest BCUT2D eigenvalue weighted by molar-refractivity contribution is 9.10. The number of halogens is 1. The summed E-state index contributed by atoms with van der Waals surface area (Å²) in [5, 5.41) is 0. The molecule has 13 heavy (non-hydrogen) atoms. The topological polar surface area (TPSA) is 26.3 Å². The standard InChI is InChI=1S/C10H9BrO2/c1-7(10(12)13-2)8-5-3-4-6-9(8)11/h3-6H,1H2,2H3. The van der Waals surface area contributed by atoms with E-state index >= 15 is 0 Å². The molecule has 0 N–H and O–H groups in total. The first kappa shape index (κ1) is 9.99. The normalized spacial score (nSPS) is 9.38. The fraction of sp³-hybridized carbons (Fsp3) is 0.100. The third-order valence-electron chi connectivity index (χ3n) is 1.63. The summed E-state index contributed by atoms with van der Waals surface area (Å²) in [6.45, 7) is 3.65. The SMILES string of the molecule is C=C(C(=O)OC)c1ccccc1Br. The van der Waals surface area contributed by atoms with Crippen LogP contribution in [0.2, 0.25) is 0 Å². The summed E-state index contributed by atoms with van der Waals surface area (Å²) in [5.74, 6) is -0.410. The van der Waals surface area contributed by atoms with Crippen molar-refractivity contribution in [3.05, 3.63) is 40.9 Å². The van der Waals surface area contributed by atoms with E-state index in [-0.39, 0.29) is 0 Å². The maximum atomic E-state index is 11.1. The smallest absolute Gasteiger partial charge is 0.337 e. The van der Waals surface area contributed by atoms with Gasteiger partial charge in [-0.3, -0.25) is 0 Å². The van der Waals surface area contributed by atoms with Crippen molar-refractivity contribution in [3.8, 4) is 0 Å². The van der Waals surface area contributed by atoms with Crippen LogP contribution in [-0.4, -0.2) is 13.1 Å². The fourth-order valence-corrected chi connectivity index (χ4v) is 1.46. The molecular formula is C10H9BrO2. The summed E-state index contributed by atoms with van der Waals surface area (Å²) in [5.41, 5.74) is 1.12. The monoisotopic (exact) mass is 240 g/mol. The van der Waals surface area contributed by atoms with Crippen LogP contribution < -0.4 is 0 Å². The maximum Gasteiger partial charge on any atom is 0.337 e. The van der Waals surface area contributed by atoms with Crippen LogP contribution in [0.15, 0.2) is 35.3 Å². The zero-order chi connectivity index (χ0) is 9.84. The van der Waals surface area contributed by atoms with E-state index in [1.165, 1.54) is 7.11 Å². The summed E-state index contributed by atoms with van der Waals surface area (Å²) < 4.78 is 5.40. The molecule has 0 saturated carbocycles. The van der Waals surface area contributed by atoms with Crippen molar-refractivity contribution >= 4 is 27.5 Å². The van der Waals surface area contributed by atoms with Gasteiger partial charge in [-0.1, -0.05) is 40.7 Å². The largest absolute Gasteiger partial charge is 0.465 e. The minimum atomic E-state index is -0.410. The van der Waals surface area contributed by atoms with Crippen molar-refractivity contribution in [2.24, 2.45) is 0 Å². The quantitative estimate of drug-likeness (QED) is 0.587. The van der Waals surface area contributed by atoms with Gasteiger partial charge in [0, 0.05) is 10.0 Å². The van der Waals surface area contributed by atoms with E-state index in [0.29, 0.717) is 5.57 Å². The lowest BCUT2D eigenvalue weighted by atomic mass is 10.1. The van der Waals surface area contributed by atoms with E-state index in [1.807, 2.05) is 24.3 Å². The van der Waals surface area contributed by atoms with Gasteiger partial charge in [-0.25, -0.2) is 4.79 Å². The van der Waals surface area contributed by atoms with E-state index in [4.69, 9.17) is 0 Å². The number of hydrogen-bond acceptors (Lipinski definition) is 2. The molecule has 1 aromatic rings. The zero-order valence-corrected chi connectivity index (χ0v) is 8.80. The Morgan fingerprint density at radius 1 is 1.46 bits per heavy atom. The average Bonchev–Trinajstić information content (AvgIpc) is 2.16. The van der Waals surface area contributed by atoms with Crippen LogP contribution in [-0.2, 0) is 9.53 Å². The molecule has 0 aliphatic rings. The Morgan fingerprint density at radius 3 is 2.62 bits per heavy atom. The molecule has 1 aromatic carbocycles. The molecule has 3 heteroatoms. The molecule has 0 unspecified atom stereocenters. The van der Waals surface area contributed by atoms with Crippen LogP contribution in [0.3, 0.4) is 0 Å². The Kier molecular flexibility index (Phi) is 3.25. The summed E-state index contributed by atoms with van der Waals surface area (Å²) in [4.78, 5) is 11.1. The molecule has 68 valence electrons. The average molecular weight is 241 g/mol. The van der Waals surface area contributed by atoms with Crippen LogP contribution in [0.5, 0.6) is 0 Å². The molecule has 1 rings (SSSR count). The molecule has 0 amide bonds. The fourth-order valence-electron chi connectivity index (χ4n) is 0.939. The zero-order valence-electron chi connectivity index (χ0n) is 7.21. The number of carbonyl (C=O) groups excluding carboxylic acids is 1. The summed E-state index contributed by atoms with van der Waals surface area (Å²) in [7, 11) is 1.34. The Labute approximate surface area is 85.3 Å². The number of methoxy groups -OCH3 is 1. The predicted octanol–water partition coefficient (Wildman–Crippen LogP) is 2.64. The highest BCUT2D eigenvalue weighted by atomic mass is 79.9. The van der Waals surface area contributed by atoms with Gasteiger partial charge in [0.2, 0.25) is 0 Å². The molecule has 0 spiro atoms. The van der Waals surface area contributed by atoms with E-state index in [0.717, 1.165) is 10.0 Å². The van der Waals surface area contributed by atoms with Gasteiger partial charge in [0.25, 0.3) is 0 Å². The van der Waals surface area contributed by atoms with Crippen molar-refractivity contribution in [3.63, 3.8) is 0 Å². The number of benzene rings is 1. The molecule has 0 aliphatic carbocycles. The number of carbonyl (C=O) groups is 1. The van der Waals surface area contributed by atoms with Crippen LogP contribution in [0.25, 0.3) is 5.57 Å². The van der Waals surface area contributed by atoms with E-state index < -0.39 is 5.97 Å². The van der Waals surface area contributed by atoms with E-state index in [2.05, 4.69) is 27.2 Å². The maximum absolute atomic E-state index is 11.1. The summed E-state index contributed by atoms with van der Waals surface area (Å²) >= 11 is 3.33. The van der Waals surface area contributed by atoms with Crippen molar-refractivity contribution < 1.29 is 9.53 Å². The van der Waals surface area contributed by atoms with Crippen LogP contribution in [0.1, 0.15) is 5.56 Å². The van der Waals surface area contributed by atoms with Gasteiger partial charge in [-0.2, -0.15) is 0 Å². The Bertz CT molecular complexity index is 345. The third-order valence-corrected chi connectivity index (χ3v) is 2.32. The summed E-state index contributed by atoms with van der Waals surface area (Å²) in [6.07, 6.45) is 0. The molecule has 0 fully saturated rings. The number of esters is 1. The van der Waals surface area contributed by atoms with Crippen molar-refractivity contribution in [2.75, 3.05) is 7.11 Å². The van der Waals surface area contributed by atoms with Crippen molar-refractivity contribution in [1.29, 1.82) is 0 Å². The van der Waals surface area contributed by atoms with Crippen molar-refractivity contribution in [2.45, 2.75) is 0 Å². The number of rotatable bonds is 2. The van der Waals surface area contributed by atoms with Gasteiger partial charge >= 0.3 is 5.97 Å². The first-order valence-corrected chi connectivity index (χ1v) is 4.48. The summed E-state index contributed by atoms with van der Waals surface area (Å²) in [6, 6.07) is 7.37. The molecule has 0 aliphatic heterocycles. The Morgan fingerprint density at radius 2 is 2.08 bits per heavy atom. The van der Waals surface area contributed by atoms with Crippen LogP contribution >= 0.6 is 15.9 Å². The molecule has 2 nitrogen and oxygen atoms in total. The van der Waals surface area contributed by atoms with Gasteiger partial charge in [0.15, 0.2) is 0 Å². The van der Waals surface area contributed by atoms with Gasteiger partial charge in [0.1, 0.15) is 0 Å². The molecule has 0 heterocycles. The lowest BCUT2D eigenvalue weighted by molar-refractivity contribution is -0.133. The highest BCUT2D eigenvalue weighted by Crippen LogP contribution is 2.23. The highest BCUT2D eigenvalue weighted by Gasteiger charge is 2.11. The minimum Gasteiger partial charge on any atom is -0.465 e. The van der Waals surface area contributed by atoms with E-state index in [1.54, 1.807) is 0 Å².